The van der Waals surface area contributed by atoms with Crippen molar-refractivity contribution in [1.82, 2.24) is 4.57 Å². The number of primary sulfonamides is 1. The average Bonchev–Trinajstić information content (AvgIpc) is 3.33. The lowest BCUT2D eigenvalue weighted by Gasteiger charge is -2.12. The van der Waals surface area contributed by atoms with Crippen molar-refractivity contribution in [1.29, 1.82) is 0 Å². The number of aromatic carboxylic acids is 1. The highest BCUT2D eigenvalue weighted by atomic mass is 32.2. The summed E-state index contributed by atoms with van der Waals surface area (Å²) in [5.41, 5.74) is 2.59. The molecule has 10 heteroatoms. The Morgan fingerprint density at radius 1 is 1.06 bits per heavy atom. The van der Waals surface area contributed by atoms with E-state index in [4.69, 9.17) is 5.14 Å². The second-order valence-electron chi connectivity index (χ2n) is 7.06. The average molecular weight is 450 g/mol. The van der Waals surface area contributed by atoms with Gasteiger partial charge < -0.3 is 9.67 Å². The topological polar surface area (TPSA) is 135 Å². The van der Waals surface area contributed by atoms with Gasteiger partial charge in [-0.15, -0.1) is 0 Å². The minimum absolute atomic E-state index is 0.00138. The van der Waals surface area contributed by atoms with Crippen molar-refractivity contribution in [3.05, 3.63) is 83.7 Å². The second kappa shape index (κ2) is 7.91. The maximum atomic E-state index is 13.0. The van der Waals surface area contributed by atoms with E-state index in [0.29, 0.717) is 28.4 Å². The molecule has 2 heterocycles. The highest BCUT2D eigenvalue weighted by Crippen LogP contribution is 2.26. The van der Waals surface area contributed by atoms with Crippen LogP contribution in [0, 0.1) is 0 Å². The maximum absolute atomic E-state index is 13.0. The van der Waals surface area contributed by atoms with Crippen LogP contribution in [0.5, 0.6) is 0 Å². The number of sulfonamides is 1. The van der Waals surface area contributed by atoms with Gasteiger partial charge >= 0.3 is 5.97 Å². The number of carbonyl (C=O) groups excluding carboxylic acids is 1. The Bertz CT molecular complexity index is 1400. The molecule has 2 aromatic carbocycles. The largest absolute Gasteiger partial charge is 0.478 e. The summed E-state index contributed by atoms with van der Waals surface area (Å²) < 4.78 is 24.7. The van der Waals surface area contributed by atoms with E-state index in [2.05, 4.69) is 5.10 Å². The Labute approximate surface area is 183 Å². The molecular weight excluding hydrogens is 432 g/mol. The van der Waals surface area contributed by atoms with Crippen molar-refractivity contribution in [2.45, 2.75) is 11.8 Å². The van der Waals surface area contributed by atoms with E-state index in [9.17, 15) is 23.1 Å². The lowest BCUT2D eigenvalue weighted by Crippen LogP contribution is -2.21. The van der Waals surface area contributed by atoms with Crippen molar-refractivity contribution in [2.75, 3.05) is 5.01 Å². The number of benzene rings is 2. The molecule has 1 amide bonds. The Morgan fingerprint density at radius 3 is 2.44 bits per heavy atom. The molecule has 3 aromatic rings. The first-order chi connectivity index (χ1) is 15.1. The van der Waals surface area contributed by atoms with Crippen molar-refractivity contribution in [3.8, 4) is 5.69 Å². The van der Waals surface area contributed by atoms with Crippen LogP contribution in [0.1, 0.15) is 23.0 Å². The van der Waals surface area contributed by atoms with Gasteiger partial charge in [0, 0.05) is 17.6 Å². The van der Waals surface area contributed by atoms with E-state index < -0.39 is 16.0 Å². The summed E-state index contributed by atoms with van der Waals surface area (Å²) >= 11 is 0. The molecule has 4 rings (SSSR count). The minimum Gasteiger partial charge on any atom is -0.478 e. The van der Waals surface area contributed by atoms with Crippen molar-refractivity contribution in [2.24, 2.45) is 10.2 Å². The fourth-order valence-electron chi connectivity index (χ4n) is 3.32. The molecule has 0 radical (unpaired) electrons. The van der Waals surface area contributed by atoms with Crippen LogP contribution in [-0.4, -0.2) is 35.7 Å². The monoisotopic (exact) mass is 450 g/mol. The number of nitrogens with two attached hydrogens (primary N) is 1. The van der Waals surface area contributed by atoms with E-state index in [1.165, 1.54) is 29.3 Å². The molecule has 0 fully saturated rings. The van der Waals surface area contributed by atoms with Gasteiger partial charge in [-0.1, -0.05) is 6.07 Å². The van der Waals surface area contributed by atoms with Gasteiger partial charge in [0.1, 0.15) is 0 Å². The summed E-state index contributed by atoms with van der Waals surface area (Å²) in [5.74, 6) is -1.48. The van der Waals surface area contributed by atoms with Gasteiger partial charge in [-0.05, 0) is 67.6 Å². The van der Waals surface area contributed by atoms with E-state index in [0.717, 1.165) is 0 Å². The molecule has 0 atom stereocenters. The Kier molecular flexibility index (Phi) is 5.25. The van der Waals surface area contributed by atoms with Gasteiger partial charge in [0.15, 0.2) is 0 Å². The van der Waals surface area contributed by atoms with Gasteiger partial charge in [-0.25, -0.2) is 18.4 Å². The van der Waals surface area contributed by atoms with E-state index in [1.807, 2.05) is 0 Å². The number of rotatable bonds is 5. The molecule has 32 heavy (non-hydrogen) atoms. The number of amides is 1. The number of carboxylic acid groups (broad SMARTS) is 1. The van der Waals surface area contributed by atoms with Gasteiger partial charge in [0.25, 0.3) is 5.91 Å². The number of carbonyl (C=O) groups is 2. The summed E-state index contributed by atoms with van der Waals surface area (Å²) in [6, 6.07) is 15.6. The van der Waals surface area contributed by atoms with E-state index in [1.54, 1.807) is 60.2 Å². The number of hydrogen-bond donors (Lipinski definition) is 2. The molecule has 0 bridgehead atoms. The van der Waals surface area contributed by atoms with E-state index >= 15 is 0 Å². The zero-order valence-electron chi connectivity index (χ0n) is 16.8. The first kappa shape index (κ1) is 21.2. The number of aromatic nitrogens is 1. The number of hydrogen-bond acceptors (Lipinski definition) is 5. The highest BCUT2D eigenvalue weighted by Gasteiger charge is 2.29. The third kappa shape index (κ3) is 3.96. The van der Waals surface area contributed by atoms with Crippen LogP contribution in [0.2, 0.25) is 0 Å². The molecule has 3 N–H and O–H groups in total. The van der Waals surface area contributed by atoms with Crippen LogP contribution >= 0.6 is 0 Å². The van der Waals surface area contributed by atoms with Crippen molar-refractivity contribution in [3.63, 3.8) is 0 Å². The Balaban J connectivity index is 1.67. The summed E-state index contributed by atoms with van der Waals surface area (Å²) in [5, 5.41) is 19.8. The lowest BCUT2D eigenvalue weighted by atomic mass is 10.1. The molecule has 162 valence electrons. The summed E-state index contributed by atoms with van der Waals surface area (Å²) in [7, 11) is -3.80. The normalized spacial score (nSPS) is 15.3. The van der Waals surface area contributed by atoms with Crippen LogP contribution in [0.25, 0.3) is 11.8 Å². The summed E-state index contributed by atoms with van der Waals surface area (Å²) in [6.45, 7) is 1.69. The second-order valence-corrected chi connectivity index (χ2v) is 8.62. The van der Waals surface area contributed by atoms with Crippen LogP contribution in [-0.2, 0) is 14.8 Å². The van der Waals surface area contributed by atoms with Crippen LogP contribution in [0.4, 0.5) is 5.69 Å². The molecule has 1 aromatic heterocycles. The highest BCUT2D eigenvalue weighted by molar-refractivity contribution is 7.89. The van der Waals surface area contributed by atoms with Gasteiger partial charge in [0.2, 0.25) is 10.0 Å². The molecule has 0 aliphatic carbocycles. The lowest BCUT2D eigenvalue weighted by molar-refractivity contribution is -0.114. The SMILES string of the molecule is CC1=NN(c2cccc(C(=O)O)c2)C(=O)/C1=C\c1cccn1-c1ccc(S(N)(=O)=O)cc1. The molecule has 9 nitrogen and oxygen atoms in total. The third-order valence-electron chi connectivity index (χ3n) is 4.92. The molecule has 0 spiro atoms. The van der Waals surface area contributed by atoms with Crippen molar-refractivity contribution < 1.29 is 23.1 Å². The van der Waals surface area contributed by atoms with Crippen molar-refractivity contribution >= 4 is 39.4 Å². The quantitative estimate of drug-likeness (QED) is 0.576. The molecular formula is C22H18N4O5S. The predicted octanol–water partition coefficient (Wildman–Crippen LogP) is 2.63. The fourth-order valence-corrected chi connectivity index (χ4v) is 3.84. The summed E-state index contributed by atoms with van der Waals surface area (Å²) in [4.78, 5) is 24.3. The third-order valence-corrected chi connectivity index (χ3v) is 5.85. The zero-order valence-corrected chi connectivity index (χ0v) is 17.7. The maximum Gasteiger partial charge on any atom is 0.335 e. The smallest absolute Gasteiger partial charge is 0.335 e. The van der Waals surface area contributed by atoms with E-state index in [-0.39, 0.29) is 16.4 Å². The molecule has 0 unspecified atom stereocenters. The van der Waals surface area contributed by atoms with Gasteiger partial charge in [-0.3, -0.25) is 4.79 Å². The first-order valence-electron chi connectivity index (χ1n) is 9.41. The van der Waals surface area contributed by atoms with Gasteiger partial charge in [-0.2, -0.15) is 10.1 Å². The molecule has 1 aliphatic rings. The van der Waals surface area contributed by atoms with Gasteiger partial charge in [0.05, 0.1) is 27.4 Å². The number of carboxylic acids is 1. The van der Waals surface area contributed by atoms with Crippen LogP contribution in [0.15, 0.2) is 82.4 Å². The van der Waals surface area contributed by atoms with Crippen LogP contribution in [0.3, 0.4) is 0 Å². The number of hydrazone groups is 1. The molecule has 0 saturated carbocycles. The zero-order chi connectivity index (χ0) is 23.0. The molecule has 1 aliphatic heterocycles. The Hall–Kier alpha value is -4.02. The fraction of sp³-hybridized carbons (Fsp3) is 0.0455. The first-order valence-corrected chi connectivity index (χ1v) is 11.0. The number of nitrogens with zero attached hydrogens (tertiary/aromatic N) is 3. The summed E-state index contributed by atoms with van der Waals surface area (Å²) in [6.07, 6.45) is 3.45. The predicted molar refractivity (Wildman–Crippen MR) is 119 cm³/mol. The minimum atomic E-state index is -3.80. The molecule has 0 saturated heterocycles. The standard InChI is InChI=1S/C22H18N4O5S/c1-14-20(21(27)26(24-14)18-5-2-4-15(12-18)22(28)29)13-17-6-3-11-25(17)16-7-9-19(10-8-16)32(23,30)31/h2-13H,1H3,(H,28,29)(H2,23,30,31)/b20-13-. The Morgan fingerprint density at radius 2 is 1.78 bits per heavy atom. The number of anilines is 1. The van der Waals surface area contributed by atoms with Crippen LogP contribution < -0.4 is 10.1 Å².